The van der Waals surface area contributed by atoms with Crippen LogP contribution in [0.4, 0.5) is 0 Å². The Morgan fingerprint density at radius 3 is 2.43 bits per heavy atom. The molecule has 1 aromatic heterocycles. The highest BCUT2D eigenvalue weighted by Gasteiger charge is 2.18. The molecule has 0 saturated heterocycles. The van der Waals surface area contributed by atoms with Crippen LogP contribution in [0.1, 0.15) is 42.6 Å². The summed E-state index contributed by atoms with van der Waals surface area (Å²) in [6, 6.07) is 20.2. The molecule has 144 valence electrons. The second kappa shape index (κ2) is 8.74. The van der Waals surface area contributed by atoms with Crippen molar-refractivity contribution >= 4 is 5.91 Å². The van der Waals surface area contributed by atoms with Crippen molar-refractivity contribution in [2.75, 3.05) is 0 Å². The molecule has 1 fully saturated rings. The summed E-state index contributed by atoms with van der Waals surface area (Å²) in [5, 5.41) is 7.42. The zero-order chi connectivity index (χ0) is 19.2. The summed E-state index contributed by atoms with van der Waals surface area (Å²) in [7, 11) is 0. The lowest BCUT2D eigenvalue weighted by atomic mass is 9.95. The van der Waals surface area contributed by atoms with Gasteiger partial charge in [-0.3, -0.25) is 4.79 Å². The van der Waals surface area contributed by atoms with Crippen LogP contribution in [0.5, 0.6) is 5.75 Å². The Bertz CT molecular complexity index is 897. The lowest BCUT2D eigenvalue weighted by molar-refractivity contribution is 0.0920. The number of amides is 1. The number of nitrogens with one attached hydrogen (secondary N) is 1. The zero-order valence-electron chi connectivity index (χ0n) is 15.9. The van der Waals surface area contributed by atoms with Crippen molar-refractivity contribution in [3.05, 3.63) is 72.6 Å². The van der Waals surface area contributed by atoms with Gasteiger partial charge in [-0.1, -0.05) is 61.7 Å². The van der Waals surface area contributed by atoms with Crippen LogP contribution in [0.25, 0.3) is 11.1 Å². The van der Waals surface area contributed by atoms with Gasteiger partial charge in [0.15, 0.2) is 6.73 Å². The first-order valence-corrected chi connectivity index (χ1v) is 9.90. The third-order valence-electron chi connectivity index (χ3n) is 5.14. The average Bonchev–Trinajstić information content (AvgIpc) is 3.23. The van der Waals surface area contributed by atoms with E-state index in [9.17, 15) is 4.79 Å². The Morgan fingerprint density at radius 2 is 1.68 bits per heavy atom. The van der Waals surface area contributed by atoms with Crippen molar-refractivity contribution in [2.24, 2.45) is 0 Å². The van der Waals surface area contributed by atoms with Gasteiger partial charge in [-0.15, -0.1) is 0 Å². The van der Waals surface area contributed by atoms with Crippen molar-refractivity contribution in [3.63, 3.8) is 0 Å². The molecule has 0 unspecified atom stereocenters. The third kappa shape index (κ3) is 4.60. The van der Waals surface area contributed by atoms with E-state index in [1.165, 1.54) is 24.8 Å². The SMILES string of the molecule is O=C(NC1CCCCC1)c1ccn(COc2ccc(-c3ccccc3)cc2)n1. The van der Waals surface area contributed by atoms with Crippen LogP contribution in [0.15, 0.2) is 66.9 Å². The van der Waals surface area contributed by atoms with Crippen molar-refractivity contribution in [2.45, 2.75) is 44.9 Å². The smallest absolute Gasteiger partial charge is 0.271 e. The number of hydrogen-bond acceptors (Lipinski definition) is 3. The fraction of sp³-hybridized carbons (Fsp3) is 0.304. The first-order valence-electron chi connectivity index (χ1n) is 9.90. The molecule has 1 aliphatic rings. The number of ether oxygens (including phenoxy) is 1. The second-order valence-electron chi connectivity index (χ2n) is 7.21. The van der Waals surface area contributed by atoms with E-state index in [4.69, 9.17) is 4.74 Å². The van der Waals surface area contributed by atoms with Gasteiger partial charge in [-0.05, 0) is 42.2 Å². The molecule has 2 aromatic carbocycles. The van der Waals surface area contributed by atoms with Crippen molar-refractivity contribution in [1.82, 2.24) is 15.1 Å². The van der Waals surface area contributed by atoms with E-state index < -0.39 is 0 Å². The number of carbonyl (C=O) groups excluding carboxylic acids is 1. The minimum Gasteiger partial charge on any atom is -0.471 e. The number of aromatic nitrogens is 2. The summed E-state index contributed by atoms with van der Waals surface area (Å²) < 4.78 is 7.43. The molecule has 1 amide bonds. The number of rotatable bonds is 6. The van der Waals surface area contributed by atoms with Crippen LogP contribution in [-0.2, 0) is 6.73 Å². The van der Waals surface area contributed by atoms with Crippen LogP contribution < -0.4 is 10.1 Å². The van der Waals surface area contributed by atoms with Crippen molar-refractivity contribution < 1.29 is 9.53 Å². The Labute approximate surface area is 165 Å². The molecule has 1 saturated carbocycles. The van der Waals surface area contributed by atoms with E-state index in [2.05, 4.69) is 22.5 Å². The zero-order valence-corrected chi connectivity index (χ0v) is 15.9. The van der Waals surface area contributed by atoms with Gasteiger partial charge in [0.25, 0.3) is 5.91 Å². The molecule has 4 rings (SSSR count). The molecule has 3 aromatic rings. The van der Waals surface area contributed by atoms with Gasteiger partial charge in [-0.25, -0.2) is 4.68 Å². The van der Waals surface area contributed by atoms with E-state index in [1.807, 2.05) is 42.5 Å². The molecule has 0 atom stereocenters. The molecule has 1 heterocycles. The molecule has 5 nitrogen and oxygen atoms in total. The van der Waals surface area contributed by atoms with Gasteiger partial charge in [-0.2, -0.15) is 5.10 Å². The standard InChI is InChI=1S/C23H25N3O2/c27-23(24-20-9-5-2-6-10-20)22-15-16-26(25-22)17-28-21-13-11-19(12-14-21)18-7-3-1-4-8-18/h1,3-4,7-8,11-16,20H,2,5-6,9-10,17H2,(H,24,27). The van der Waals surface area contributed by atoms with Gasteiger partial charge in [0.2, 0.25) is 0 Å². The van der Waals surface area contributed by atoms with Gasteiger partial charge < -0.3 is 10.1 Å². The maximum Gasteiger partial charge on any atom is 0.271 e. The normalized spacial score (nSPS) is 14.6. The average molecular weight is 375 g/mol. The summed E-state index contributed by atoms with van der Waals surface area (Å²) in [4.78, 5) is 12.3. The Balaban J connectivity index is 1.31. The number of carbonyl (C=O) groups is 1. The maximum absolute atomic E-state index is 12.3. The van der Waals surface area contributed by atoms with E-state index in [0.717, 1.165) is 24.2 Å². The van der Waals surface area contributed by atoms with E-state index in [1.54, 1.807) is 16.9 Å². The summed E-state index contributed by atoms with van der Waals surface area (Å²) in [5.74, 6) is 0.668. The van der Waals surface area contributed by atoms with Gasteiger partial charge in [0.1, 0.15) is 11.4 Å². The summed E-state index contributed by atoms with van der Waals surface area (Å²) in [6.45, 7) is 0.265. The molecule has 1 aliphatic carbocycles. The van der Waals surface area contributed by atoms with Gasteiger partial charge >= 0.3 is 0 Å². The molecule has 0 radical (unpaired) electrons. The van der Waals surface area contributed by atoms with Gasteiger partial charge in [0, 0.05) is 12.2 Å². The third-order valence-corrected chi connectivity index (χ3v) is 5.14. The predicted molar refractivity (Wildman–Crippen MR) is 109 cm³/mol. The first-order chi connectivity index (χ1) is 13.8. The summed E-state index contributed by atoms with van der Waals surface area (Å²) in [5.41, 5.74) is 2.76. The first kappa shape index (κ1) is 18.3. The lowest BCUT2D eigenvalue weighted by Crippen LogP contribution is -2.36. The lowest BCUT2D eigenvalue weighted by Gasteiger charge is -2.22. The summed E-state index contributed by atoms with van der Waals surface area (Å²) in [6.07, 6.45) is 7.55. The Morgan fingerprint density at radius 1 is 0.964 bits per heavy atom. The number of hydrogen-bond donors (Lipinski definition) is 1. The van der Waals surface area contributed by atoms with E-state index in [-0.39, 0.29) is 18.7 Å². The fourth-order valence-corrected chi connectivity index (χ4v) is 3.58. The van der Waals surface area contributed by atoms with Crippen molar-refractivity contribution in [1.29, 1.82) is 0 Å². The summed E-state index contributed by atoms with van der Waals surface area (Å²) >= 11 is 0. The van der Waals surface area contributed by atoms with Gasteiger partial charge in [0.05, 0.1) is 0 Å². The van der Waals surface area contributed by atoms with Crippen LogP contribution in [-0.4, -0.2) is 21.7 Å². The number of benzene rings is 2. The molecule has 28 heavy (non-hydrogen) atoms. The minimum absolute atomic E-state index is 0.0992. The Hall–Kier alpha value is -3.08. The fourth-order valence-electron chi connectivity index (χ4n) is 3.58. The quantitative estimate of drug-likeness (QED) is 0.682. The molecular formula is C23H25N3O2. The topological polar surface area (TPSA) is 56.2 Å². The predicted octanol–water partition coefficient (Wildman–Crippen LogP) is 4.65. The highest BCUT2D eigenvalue weighted by Crippen LogP contribution is 2.22. The molecular weight excluding hydrogens is 350 g/mol. The van der Waals surface area contributed by atoms with Crippen LogP contribution in [0.3, 0.4) is 0 Å². The monoisotopic (exact) mass is 375 g/mol. The number of nitrogens with zero attached hydrogens (tertiary/aromatic N) is 2. The van der Waals surface area contributed by atoms with Crippen molar-refractivity contribution in [3.8, 4) is 16.9 Å². The molecule has 5 heteroatoms. The highest BCUT2D eigenvalue weighted by molar-refractivity contribution is 5.92. The maximum atomic E-state index is 12.3. The minimum atomic E-state index is -0.0992. The van der Waals surface area contributed by atoms with Crippen LogP contribution >= 0.6 is 0 Å². The largest absolute Gasteiger partial charge is 0.471 e. The molecule has 0 spiro atoms. The van der Waals surface area contributed by atoms with E-state index in [0.29, 0.717) is 5.69 Å². The molecule has 0 bridgehead atoms. The Kier molecular flexibility index (Phi) is 5.71. The second-order valence-corrected chi connectivity index (χ2v) is 7.21. The van der Waals surface area contributed by atoms with Crippen LogP contribution in [0.2, 0.25) is 0 Å². The van der Waals surface area contributed by atoms with E-state index >= 15 is 0 Å². The highest BCUT2D eigenvalue weighted by atomic mass is 16.5. The molecule has 1 N–H and O–H groups in total. The van der Waals surface area contributed by atoms with Crippen LogP contribution in [0, 0.1) is 0 Å². The molecule has 0 aliphatic heterocycles.